The van der Waals surface area contributed by atoms with Crippen LogP contribution < -0.4 is 10.1 Å². The summed E-state index contributed by atoms with van der Waals surface area (Å²) in [4.78, 5) is 22.5. The van der Waals surface area contributed by atoms with Gasteiger partial charge in [-0.3, -0.25) is 14.9 Å². The van der Waals surface area contributed by atoms with Gasteiger partial charge in [-0.25, -0.2) is 0 Å². The Bertz CT molecular complexity index is 757. The number of rotatable bonds is 7. The number of nitrogens with zero attached hydrogens (tertiary/aromatic N) is 1. The van der Waals surface area contributed by atoms with Crippen molar-refractivity contribution in [3.8, 4) is 5.75 Å². The maximum absolute atomic E-state index is 12.1. The van der Waals surface area contributed by atoms with Crippen molar-refractivity contribution in [2.24, 2.45) is 0 Å². The SMILES string of the molecule is O=C(COc1ccccc1[N+](=O)[O-])NCC1(c2ccccc2)CCC1. The van der Waals surface area contributed by atoms with Gasteiger partial charge >= 0.3 is 5.69 Å². The zero-order valence-electron chi connectivity index (χ0n) is 13.8. The third-order valence-corrected chi connectivity index (χ3v) is 4.74. The van der Waals surface area contributed by atoms with E-state index in [1.807, 2.05) is 18.2 Å². The second kappa shape index (κ2) is 7.34. The van der Waals surface area contributed by atoms with E-state index in [9.17, 15) is 14.9 Å². The molecule has 0 atom stereocenters. The molecule has 25 heavy (non-hydrogen) atoms. The van der Waals surface area contributed by atoms with Gasteiger partial charge in [-0.05, 0) is 24.5 Å². The van der Waals surface area contributed by atoms with Gasteiger partial charge in [0.15, 0.2) is 12.4 Å². The van der Waals surface area contributed by atoms with E-state index in [4.69, 9.17) is 4.74 Å². The number of ether oxygens (including phenoxy) is 1. The predicted octanol–water partition coefficient (Wildman–Crippen LogP) is 3.21. The number of para-hydroxylation sites is 2. The van der Waals surface area contributed by atoms with Crippen LogP contribution in [-0.2, 0) is 10.2 Å². The van der Waals surface area contributed by atoms with Crippen LogP contribution in [0.1, 0.15) is 24.8 Å². The number of hydrogen-bond donors (Lipinski definition) is 1. The average molecular weight is 340 g/mol. The summed E-state index contributed by atoms with van der Waals surface area (Å²) in [5.74, 6) is -0.176. The van der Waals surface area contributed by atoms with E-state index in [2.05, 4.69) is 17.4 Å². The molecular formula is C19H20N2O4. The molecule has 1 saturated carbocycles. The summed E-state index contributed by atoms with van der Waals surface area (Å²) in [5, 5.41) is 13.9. The lowest BCUT2D eigenvalue weighted by atomic mass is 9.64. The highest BCUT2D eigenvalue weighted by molar-refractivity contribution is 5.77. The topological polar surface area (TPSA) is 81.5 Å². The van der Waals surface area contributed by atoms with Gasteiger partial charge in [0, 0.05) is 18.0 Å². The van der Waals surface area contributed by atoms with Crippen LogP contribution in [0.5, 0.6) is 5.75 Å². The molecule has 0 aliphatic heterocycles. The molecule has 0 aromatic heterocycles. The van der Waals surface area contributed by atoms with E-state index in [0.29, 0.717) is 6.54 Å². The fourth-order valence-corrected chi connectivity index (χ4v) is 3.15. The zero-order valence-corrected chi connectivity index (χ0v) is 13.8. The van der Waals surface area contributed by atoms with Crippen LogP contribution in [0, 0.1) is 10.1 Å². The van der Waals surface area contributed by atoms with Crippen molar-refractivity contribution in [2.45, 2.75) is 24.7 Å². The summed E-state index contributed by atoms with van der Waals surface area (Å²) in [5.41, 5.74) is 1.09. The molecule has 0 bridgehead atoms. The summed E-state index contributed by atoms with van der Waals surface area (Å²) < 4.78 is 5.33. The Morgan fingerprint density at radius 2 is 1.80 bits per heavy atom. The molecule has 1 aliphatic carbocycles. The molecule has 0 spiro atoms. The Kier molecular flexibility index (Phi) is 4.97. The van der Waals surface area contributed by atoms with Gasteiger partial charge in [0.05, 0.1) is 4.92 Å². The highest BCUT2D eigenvalue weighted by Gasteiger charge is 2.38. The molecule has 1 fully saturated rings. The Morgan fingerprint density at radius 3 is 2.44 bits per heavy atom. The van der Waals surface area contributed by atoms with E-state index in [-0.39, 0.29) is 29.4 Å². The second-order valence-corrected chi connectivity index (χ2v) is 6.29. The minimum atomic E-state index is -0.522. The Balaban J connectivity index is 1.56. The van der Waals surface area contributed by atoms with Crippen LogP contribution >= 0.6 is 0 Å². The highest BCUT2D eigenvalue weighted by Crippen LogP contribution is 2.43. The average Bonchev–Trinajstić information content (AvgIpc) is 2.60. The van der Waals surface area contributed by atoms with Crippen LogP contribution in [-0.4, -0.2) is 24.0 Å². The number of nitro benzene ring substituents is 1. The number of nitrogens with one attached hydrogen (secondary N) is 1. The minimum Gasteiger partial charge on any atom is -0.477 e. The second-order valence-electron chi connectivity index (χ2n) is 6.29. The molecule has 0 saturated heterocycles. The molecule has 1 N–H and O–H groups in total. The molecule has 0 heterocycles. The van der Waals surface area contributed by atoms with Crippen LogP contribution in [0.3, 0.4) is 0 Å². The first-order valence-electron chi connectivity index (χ1n) is 8.29. The van der Waals surface area contributed by atoms with Gasteiger partial charge in [0.2, 0.25) is 0 Å². The number of amides is 1. The van der Waals surface area contributed by atoms with Crippen molar-refractivity contribution in [1.82, 2.24) is 5.32 Å². The van der Waals surface area contributed by atoms with Gasteiger partial charge < -0.3 is 10.1 Å². The van der Waals surface area contributed by atoms with Crippen LogP contribution in [0.25, 0.3) is 0 Å². The molecule has 2 aromatic rings. The molecule has 130 valence electrons. The van der Waals surface area contributed by atoms with E-state index < -0.39 is 4.92 Å². The lowest BCUT2D eigenvalue weighted by Gasteiger charge is -2.42. The summed E-state index contributed by atoms with van der Waals surface area (Å²) in [6.45, 7) is 0.311. The quantitative estimate of drug-likeness (QED) is 0.620. The monoisotopic (exact) mass is 340 g/mol. The number of carbonyl (C=O) groups is 1. The molecule has 1 amide bonds. The van der Waals surface area contributed by atoms with Gasteiger partial charge in [0.25, 0.3) is 5.91 Å². The molecule has 6 nitrogen and oxygen atoms in total. The number of benzene rings is 2. The van der Waals surface area contributed by atoms with Crippen LogP contribution in [0.2, 0.25) is 0 Å². The molecule has 1 aliphatic rings. The summed E-state index contributed by atoms with van der Waals surface area (Å²) in [6.07, 6.45) is 3.24. The normalized spacial score (nSPS) is 15.0. The third-order valence-electron chi connectivity index (χ3n) is 4.74. The summed E-state index contributed by atoms with van der Waals surface area (Å²) in [7, 11) is 0. The Labute approximate surface area is 146 Å². The van der Waals surface area contributed by atoms with Crippen molar-refractivity contribution in [3.63, 3.8) is 0 Å². The maximum atomic E-state index is 12.1. The smallest absolute Gasteiger partial charge is 0.310 e. The first kappa shape index (κ1) is 17.0. The van der Waals surface area contributed by atoms with Gasteiger partial charge in [-0.15, -0.1) is 0 Å². The first-order valence-corrected chi connectivity index (χ1v) is 8.29. The van der Waals surface area contributed by atoms with Gasteiger partial charge in [-0.2, -0.15) is 0 Å². The first-order chi connectivity index (χ1) is 12.1. The molecule has 6 heteroatoms. The number of hydrogen-bond acceptors (Lipinski definition) is 4. The lowest BCUT2D eigenvalue weighted by Crippen LogP contribution is -2.46. The standard InChI is InChI=1S/C19H20N2O4/c22-18(13-25-17-10-5-4-9-16(17)21(23)24)20-14-19(11-6-12-19)15-7-2-1-3-8-15/h1-5,7-10H,6,11-14H2,(H,20,22). The largest absolute Gasteiger partial charge is 0.477 e. The van der Waals surface area contributed by atoms with E-state index in [1.54, 1.807) is 12.1 Å². The number of carbonyl (C=O) groups excluding carboxylic acids is 1. The van der Waals surface area contributed by atoms with Crippen LogP contribution in [0.15, 0.2) is 54.6 Å². The fraction of sp³-hybridized carbons (Fsp3) is 0.316. The van der Waals surface area contributed by atoms with Crippen molar-refractivity contribution in [2.75, 3.05) is 13.2 Å². The highest BCUT2D eigenvalue weighted by atomic mass is 16.6. The van der Waals surface area contributed by atoms with Gasteiger partial charge in [0.1, 0.15) is 0 Å². The molecule has 3 rings (SSSR count). The summed E-state index contributed by atoms with van der Waals surface area (Å²) in [6, 6.07) is 16.2. The molecule has 0 unspecified atom stereocenters. The van der Waals surface area contributed by atoms with E-state index in [1.165, 1.54) is 17.7 Å². The lowest BCUT2D eigenvalue weighted by molar-refractivity contribution is -0.385. The zero-order chi connectivity index (χ0) is 17.7. The predicted molar refractivity (Wildman–Crippen MR) is 93.6 cm³/mol. The molecular weight excluding hydrogens is 320 g/mol. The Hall–Kier alpha value is -2.89. The minimum absolute atomic E-state index is 0.00430. The van der Waals surface area contributed by atoms with Gasteiger partial charge in [-0.1, -0.05) is 48.9 Å². The Morgan fingerprint density at radius 1 is 1.12 bits per heavy atom. The fourth-order valence-electron chi connectivity index (χ4n) is 3.15. The van der Waals surface area contributed by atoms with Crippen molar-refractivity contribution in [1.29, 1.82) is 0 Å². The molecule has 2 aromatic carbocycles. The molecule has 0 radical (unpaired) electrons. The third kappa shape index (κ3) is 3.79. The van der Waals surface area contributed by atoms with Crippen molar-refractivity contribution < 1.29 is 14.5 Å². The summed E-state index contributed by atoms with van der Waals surface area (Å²) >= 11 is 0. The van der Waals surface area contributed by atoms with Crippen molar-refractivity contribution >= 4 is 11.6 Å². The number of nitro groups is 1. The van der Waals surface area contributed by atoms with Crippen molar-refractivity contribution in [3.05, 3.63) is 70.3 Å². The van der Waals surface area contributed by atoms with Crippen LogP contribution in [0.4, 0.5) is 5.69 Å². The van der Waals surface area contributed by atoms with E-state index in [0.717, 1.165) is 19.3 Å². The van der Waals surface area contributed by atoms with E-state index >= 15 is 0 Å². The maximum Gasteiger partial charge on any atom is 0.310 e.